The summed E-state index contributed by atoms with van der Waals surface area (Å²) < 4.78 is 1.60. The van der Waals surface area contributed by atoms with Crippen molar-refractivity contribution in [2.24, 2.45) is 0 Å². The van der Waals surface area contributed by atoms with Gasteiger partial charge in [-0.1, -0.05) is 23.7 Å². The first-order chi connectivity index (χ1) is 12.5. The van der Waals surface area contributed by atoms with E-state index in [1.165, 1.54) is 4.90 Å². The second kappa shape index (κ2) is 6.46. The summed E-state index contributed by atoms with van der Waals surface area (Å²) in [4.78, 5) is 30.2. The number of fused-ring (bicyclic) bond motifs is 3. The van der Waals surface area contributed by atoms with Gasteiger partial charge in [-0.15, -0.1) is 0 Å². The number of rotatable bonds is 2. The van der Waals surface area contributed by atoms with Gasteiger partial charge in [0.25, 0.3) is 5.56 Å². The molecule has 0 atom stereocenters. The molecule has 3 aromatic rings. The molecule has 1 aromatic carbocycles. The van der Waals surface area contributed by atoms with E-state index in [0.717, 1.165) is 16.5 Å². The zero-order valence-electron chi connectivity index (χ0n) is 13.9. The molecule has 26 heavy (non-hydrogen) atoms. The Kier molecular flexibility index (Phi) is 4.12. The Morgan fingerprint density at radius 1 is 1.23 bits per heavy atom. The van der Waals surface area contributed by atoms with E-state index in [0.29, 0.717) is 35.7 Å². The van der Waals surface area contributed by atoms with Gasteiger partial charge in [-0.05, 0) is 41.8 Å². The fourth-order valence-corrected chi connectivity index (χ4v) is 3.70. The molecule has 4 rings (SSSR count). The van der Waals surface area contributed by atoms with Crippen LogP contribution in [0.5, 0.6) is 0 Å². The zero-order chi connectivity index (χ0) is 18.3. The van der Waals surface area contributed by atoms with E-state index in [2.05, 4.69) is 4.98 Å². The molecule has 0 saturated carbocycles. The molecule has 0 bridgehead atoms. The molecule has 1 amide bonds. The predicted molar refractivity (Wildman–Crippen MR) is 98.7 cm³/mol. The highest BCUT2D eigenvalue weighted by Crippen LogP contribution is 2.25. The van der Waals surface area contributed by atoms with E-state index in [1.807, 2.05) is 30.3 Å². The second-order valence-electron chi connectivity index (χ2n) is 6.31. The topological polar surface area (TPSA) is 75.4 Å². The number of aromatic nitrogens is 2. The predicted octanol–water partition coefficient (Wildman–Crippen LogP) is 3.13. The molecule has 0 unspecified atom stereocenters. The summed E-state index contributed by atoms with van der Waals surface area (Å²) in [6, 6.07) is 11.1. The Morgan fingerprint density at radius 3 is 2.85 bits per heavy atom. The van der Waals surface area contributed by atoms with Crippen LogP contribution in [-0.4, -0.2) is 32.2 Å². The SMILES string of the molecule is O=C(O)N1CCc2c(c(=O)n(Cc3cccc(Cl)c3)c3ncccc23)C1. The molecule has 1 N–H and O–H groups in total. The molecule has 2 aromatic heterocycles. The average molecular weight is 370 g/mol. The lowest BCUT2D eigenvalue weighted by Crippen LogP contribution is -2.40. The first-order valence-corrected chi connectivity index (χ1v) is 8.64. The van der Waals surface area contributed by atoms with Gasteiger partial charge in [0.2, 0.25) is 0 Å². The molecule has 3 heterocycles. The van der Waals surface area contributed by atoms with Gasteiger partial charge in [0.15, 0.2) is 0 Å². The van der Waals surface area contributed by atoms with Crippen LogP contribution in [0, 0.1) is 0 Å². The van der Waals surface area contributed by atoms with Crippen LogP contribution in [0.25, 0.3) is 11.0 Å². The molecular formula is C19H16ClN3O3. The standard InChI is InChI=1S/C19H16ClN3O3/c20-13-4-1-3-12(9-13)10-23-17-15(5-2-7-21-17)14-6-8-22(19(25)26)11-16(14)18(23)24/h1-5,7,9H,6,8,10-11H2,(H,25,26). The molecule has 0 spiro atoms. The number of amides is 1. The van der Waals surface area contributed by atoms with E-state index >= 15 is 0 Å². The molecule has 6 nitrogen and oxygen atoms in total. The minimum Gasteiger partial charge on any atom is -0.465 e. The van der Waals surface area contributed by atoms with Crippen molar-refractivity contribution in [1.29, 1.82) is 0 Å². The highest BCUT2D eigenvalue weighted by molar-refractivity contribution is 6.30. The normalized spacial score (nSPS) is 13.7. The summed E-state index contributed by atoms with van der Waals surface area (Å²) in [7, 11) is 0. The number of pyridine rings is 2. The van der Waals surface area contributed by atoms with Crippen molar-refractivity contribution in [2.45, 2.75) is 19.5 Å². The summed E-state index contributed by atoms with van der Waals surface area (Å²) in [6.45, 7) is 0.807. The Morgan fingerprint density at radius 2 is 2.08 bits per heavy atom. The maximum absolute atomic E-state index is 13.2. The van der Waals surface area contributed by atoms with Crippen molar-refractivity contribution < 1.29 is 9.90 Å². The van der Waals surface area contributed by atoms with Crippen LogP contribution < -0.4 is 5.56 Å². The third-order valence-electron chi connectivity index (χ3n) is 4.72. The fraction of sp³-hybridized carbons (Fsp3) is 0.211. The molecule has 0 fully saturated rings. The van der Waals surface area contributed by atoms with Crippen molar-refractivity contribution in [2.75, 3.05) is 6.54 Å². The summed E-state index contributed by atoms with van der Waals surface area (Å²) in [6.07, 6.45) is 1.16. The Labute approximate surface area is 154 Å². The van der Waals surface area contributed by atoms with Gasteiger partial charge in [-0.3, -0.25) is 9.36 Å². The molecular weight excluding hydrogens is 354 g/mol. The number of benzene rings is 1. The van der Waals surface area contributed by atoms with Crippen molar-refractivity contribution in [3.05, 3.63) is 74.7 Å². The summed E-state index contributed by atoms with van der Waals surface area (Å²) in [5.74, 6) is 0. The largest absolute Gasteiger partial charge is 0.465 e. The second-order valence-corrected chi connectivity index (χ2v) is 6.74. The third-order valence-corrected chi connectivity index (χ3v) is 4.95. The van der Waals surface area contributed by atoms with Gasteiger partial charge >= 0.3 is 6.09 Å². The number of halogens is 1. The minimum atomic E-state index is -1.01. The van der Waals surface area contributed by atoms with Crippen LogP contribution in [0.1, 0.15) is 16.7 Å². The number of hydrogen-bond donors (Lipinski definition) is 1. The first kappa shape index (κ1) is 16.6. The van der Waals surface area contributed by atoms with Crippen LogP contribution in [0.4, 0.5) is 4.79 Å². The summed E-state index contributed by atoms with van der Waals surface area (Å²) in [5.41, 5.74) is 2.73. The zero-order valence-corrected chi connectivity index (χ0v) is 14.6. The molecule has 1 aliphatic rings. The molecule has 0 radical (unpaired) electrons. The van der Waals surface area contributed by atoms with Crippen LogP contribution in [-0.2, 0) is 19.5 Å². The lowest BCUT2D eigenvalue weighted by Gasteiger charge is -2.27. The van der Waals surface area contributed by atoms with Gasteiger partial charge < -0.3 is 10.0 Å². The average Bonchev–Trinajstić information content (AvgIpc) is 2.64. The van der Waals surface area contributed by atoms with Crippen molar-refractivity contribution in [1.82, 2.24) is 14.5 Å². The minimum absolute atomic E-state index is 0.101. The van der Waals surface area contributed by atoms with Gasteiger partial charge in [0, 0.05) is 28.7 Å². The van der Waals surface area contributed by atoms with Crippen molar-refractivity contribution in [3.63, 3.8) is 0 Å². The van der Waals surface area contributed by atoms with E-state index in [1.54, 1.807) is 16.8 Å². The van der Waals surface area contributed by atoms with E-state index in [-0.39, 0.29) is 12.1 Å². The van der Waals surface area contributed by atoms with E-state index < -0.39 is 6.09 Å². The Bertz CT molecular complexity index is 1080. The maximum Gasteiger partial charge on any atom is 0.407 e. The number of carboxylic acid groups (broad SMARTS) is 1. The quantitative estimate of drug-likeness (QED) is 0.753. The fourth-order valence-electron chi connectivity index (χ4n) is 3.49. The van der Waals surface area contributed by atoms with Crippen LogP contribution in [0.15, 0.2) is 47.4 Å². The van der Waals surface area contributed by atoms with Crippen LogP contribution in [0.2, 0.25) is 5.02 Å². The lowest BCUT2D eigenvalue weighted by atomic mass is 9.97. The Hall–Kier alpha value is -2.86. The van der Waals surface area contributed by atoms with Gasteiger partial charge in [0.1, 0.15) is 5.65 Å². The summed E-state index contributed by atoms with van der Waals surface area (Å²) in [5, 5.41) is 10.8. The van der Waals surface area contributed by atoms with Gasteiger partial charge in [0.05, 0.1) is 13.1 Å². The lowest BCUT2D eigenvalue weighted by molar-refractivity contribution is 0.139. The number of carbonyl (C=O) groups is 1. The highest BCUT2D eigenvalue weighted by Gasteiger charge is 2.26. The van der Waals surface area contributed by atoms with Crippen LogP contribution >= 0.6 is 11.6 Å². The number of hydrogen-bond acceptors (Lipinski definition) is 3. The van der Waals surface area contributed by atoms with Crippen molar-refractivity contribution >= 4 is 28.7 Å². The molecule has 1 aliphatic heterocycles. The van der Waals surface area contributed by atoms with Gasteiger partial charge in [-0.25, -0.2) is 9.78 Å². The maximum atomic E-state index is 13.2. The molecule has 132 valence electrons. The molecule has 0 aliphatic carbocycles. The van der Waals surface area contributed by atoms with E-state index in [4.69, 9.17) is 11.6 Å². The smallest absolute Gasteiger partial charge is 0.407 e. The van der Waals surface area contributed by atoms with Crippen molar-refractivity contribution in [3.8, 4) is 0 Å². The molecule has 0 saturated heterocycles. The monoisotopic (exact) mass is 369 g/mol. The third kappa shape index (κ3) is 2.82. The van der Waals surface area contributed by atoms with Crippen LogP contribution in [0.3, 0.4) is 0 Å². The van der Waals surface area contributed by atoms with Gasteiger partial charge in [-0.2, -0.15) is 0 Å². The Balaban J connectivity index is 1.91. The van der Waals surface area contributed by atoms with E-state index in [9.17, 15) is 14.7 Å². The summed E-state index contributed by atoms with van der Waals surface area (Å²) >= 11 is 6.06. The first-order valence-electron chi connectivity index (χ1n) is 8.26. The molecule has 7 heteroatoms. The highest BCUT2D eigenvalue weighted by atomic mass is 35.5. The number of nitrogens with zero attached hydrogens (tertiary/aromatic N) is 3.